The van der Waals surface area contributed by atoms with Gasteiger partial charge in [0.2, 0.25) is 0 Å². The van der Waals surface area contributed by atoms with Crippen molar-refractivity contribution in [1.29, 1.82) is 0 Å². The van der Waals surface area contributed by atoms with Crippen LogP contribution in [0.4, 0.5) is 0 Å². The molecule has 0 amide bonds. The zero-order valence-electron chi connectivity index (χ0n) is 7.06. The first-order valence-corrected chi connectivity index (χ1v) is 5.65. The van der Waals surface area contributed by atoms with E-state index in [1.54, 1.807) is 0 Å². The molecular formula is C10H17Br. The predicted molar refractivity (Wildman–Crippen MR) is 54.1 cm³/mol. The minimum absolute atomic E-state index is 0.947. The molecule has 0 bridgehead atoms. The molecule has 0 atom stereocenters. The summed E-state index contributed by atoms with van der Waals surface area (Å²) in [7, 11) is 0. The minimum Gasteiger partial charge on any atom is -0.103 e. The Morgan fingerprint density at radius 1 is 1.18 bits per heavy atom. The lowest BCUT2D eigenvalue weighted by atomic mass is 9.81. The largest absolute Gasteiger partial charge is 0.103 e. The van der Waals surface area contributed by atoms with Crippen LogP contribution in [0, 0.1) is 11.8 Å². The molecule has 1 aliphatic carbocycles. The Hall–Kier alpha value is 0.220. The first-order chi connectivity index (χ1) is 5.36. The summed E-state index contributed by atoms with van der Waals surface area (Å²) in [5, 5.41) is 1.20. The highest BCUT2D eigenvalue weighted by molar-refractivity contribution is 9.09. The van der Waals surface area contributed by atoms with E-state index >= 15 is 0 Å². The molecule has 0 nitrogen and oxygen atoms in total. The molecule has 0 aliphatic heterocycles. The summed E-state index contributed by atoms with van der Waals surface area (Å²) >= 11 is 3.55. The van der Waals surface area contributed by atoms with Crippen LogP contribution < -0.4 is 0 Å². The van der Waals surface area contributed by atoms with Gasteiger partial charge < -0.3 is 0 Å². The second-order valence-corrected chi connectivity index (χ2v) is 4.21. The smallest absolute Gasteiger partial charge is 0.00596 e. The first kappa shape index (κ1) is 9.31. The number of allylic oxidation sites excluding steroid dienone is 1. The van der Waals surface area contributed by atoms with Crippen LogP contribution in [0.1, 0.15) is 32.1 Å². The van der Waals surface area contributed by atoms with E-state index in [4.69, 9.17) is 0 Å². The van der Waals surface area contributed by atoms with Gasteiger partial charge in [-0.25, -0.2) is 0 Å². The predicted octanol–water partition coefficient (Wildman–Crippen LogP) is 3.76. The van der Waals surface area contributed by atoms with Crippen LogP contribution in [0.2, 0.25) is 0 Å². The fourth-order valence-corrected chi connectivity index (χ4v) is 2.50. The van der Waals surface area contributed by atoms with E-state index in [9.17, 15) is 0 Å². The molecule has 64 valence electrons. The number of hydrogen-bond acceptors (Lipinski definition) is 0. The molecule has 0 radical (unpaired) electrons. The third kappa shape index (κ3) is 2.98. The van der Waals surface area contributed by atoms with Gasteiger partial charge in [0.15, 0.2) is 0 Å². The van der Waals surface area contributed by atoms with Gasteiger partial charge in [0.25, 0.3) is 0 Å². The maximum absolute atomic E-state index is 3.78. The molecule has 1 heteroatoms. The summed E-state index contributed by atoms with van der Waals surface area (Å²) in [5.41, 5.74) is 0. The number of rotatable bonds is 3. The Labute approximate surface area is 78.2 Å². The molecular weight excluding hydrogens is 200 g/mol. The zero-order chi connectivity index (χ0) is 8.10. The Balaban J connectivity index is 2.18. The number of halogens is 1. The molecule has 0 N–H and O–H groups in total. The van der Waals surface area contributed by atoms with Gasteiger partial charge in [0, 0.05) is 5.33 Å². The van der Waals surface area contributed by atoms with E-state index in [0.717, 1.165) is 11.8 Å². The summed E-state index contributed by atoms with van der Waals surface area (Å²) in [4.78, 5) is 0. The van der Waals surface area contributed by atoms with Gasteiger partial charge in [-0.05, 0) is 43.9 Å². The Morgan fingerprint density at radius 3 is 2.18 bits per heavy atom. The van der Waals surface area contributed by atoms with Crippen LogP contribution in [0.25, 0.3) is 0 Å². The molecule has 0 unspecified atom stereocenters. The molecule has 11 heavy (non-hydrogen) atoms. The third-order valence-electron chi connectivity index (χ3n) is 2.68. The molecule has 0 spiro atoms. The van der Waals surface area contributed by atoms with Crippen LogP contribution in [-0.2, 0) is 0 Å². The molecule has 0 aromatic rings. The molecule has 1 aliphatic rings. The van der Waals surface area contributed by atoms with Crippen LogP contribution in [0.3, 0.4) is 0 Å². The van der Waals surface area contributed by atoms with E-state index in [1.165, 1.54) is 37.4 Å². The van der Waals surface area contributed by atoms with Crippen molar-refractivity contribution in [2.24, 2.45) is 11.8 Å². The summed E-state index contributed by atoms with van der Waals surface area (Å²) in [6.07, 6.45) is 8.98. The molecule has 0 heterocycles. The van der Waals surface area contributed by atoms with Crippen molar-refractivity contribution in [1.82, 2.24) is 0 Å². The van der Waals surface area contributed by atoms with Gasteiger partial charge in [-0.1, -0.05) is 22.0 Å². The van der Waals surface area contributed by atoms with E-state index in [0.29, 0.717) is 0 Å². The SMILES string of the molecule is C=CCC1CCC(CBr)CC1. The Morgan fingerprint density at radius 2 is 1.73 bits per heavy atom. The molecule has 1 fully saturated rings. The van der Waals surface area contributed by atoms with Crippen molar-refractivity contribution < 1.29 is 0 Å². The highest BCUT2D eigenvalue weighted by Gasteiger charge is 2.18. The van der Waals surface area contributed by atoms with E-state index in [-0.39, 0.29) is 0 Å². The van der Waals surface area contributed by atoms with Crippen molar-refractivity contribution in [2.45, 2.75) is 32.1 Å². The minimum atomic E-state index is 0.947. The zero-order valence-corrected chi connectivity index (χ0v) is 8.65. The molecule has 0 aromatic heterocycles. The van der Waals surface area contributed by atoms with Crippen molar-refractivity contribution in [2.75, 3.05) is 5.33 Å². The van der Waals surface area contributed by atoms with Gasteiger partial charge in [0.1, 0.15) is 0 Å². The second-order valence-electron chi connectivity index (χ2n) is 3.57. The highest BCUT2D eigenvalue weighted by atomic mass is 79.9. The quantitative estimate of drug-likeness (QED) is 0.498. The Bertz CT molecular complexity index is 112. The third-order valence-corrected chi connectivity index (χ3v) is 3.60. The molecule has 1 rings (SSSR count). The average molecular weight is 217 g/mol. The van der Waals surface area contributed by atoms with Gasteiger partial charge in [-0.2, -0.15) is 0 Å². The summed E-state index contributed by atoms with van der Waals surface area (Å²) in [5.74, 6) is 1.90. The van der Waals surface area contributed by atoms with Crippen LogP contribution in [0.5, 0.6) is 0 Å². The monoisotopic (exact) mass is 216 g/mol. The van der Waals surface area contributed by atoms with Crippen LogP contribution in [0.15, 0.2) is 12.7 Å². The Kier molecular flexibility index (Phi) is 4.21. The van der Waals surface area contributed by atoms with E-state index < -0.39 is 0 Å². The lowest BCUT2D eigenvalue weighted by molar-refractivity contribution is 0.296. The van der Waals surface area contributed by atoms with Crippen molar-refractivity contribution in [3.63, 3.8) is 0 Å². The van der Waals surface area contributed by atoms with E-state index in [2.05, 4.69) is 28.6 Å². The maximum atomic E-state index is 3.78. The van der Waals surface area contributed by atoms with Crippen LogP contribution in [-0.4, -0.2) is 5.33 Å². The van der Waals surface area contributed by atoms with E-state index in [1.807, 2.05) is 0 Å². The number of alkyl halides is 1. The fourth-order valence-electron chi connectivity index (χ4n) is 1.86. The van der Waals surface area contributed by atoms with Crippen LogP contribution >= 0.6 is 15.9 Å². The molecule has 0 saturated heterocycles. The maximum Gasteiger partial charge on any atom is 0.00596 e. The summed E-state index contributed by atoms with van der Waals surface area (Å²) < 4.78 is 0. The van der Waals surface area contributed by atoms with Crippen molar-refractivity contribution in [3.05, 3.63) is 12.7 Å². The lowest BCUT2D eigenvalue weighted by Gasteiger charge is -2.26. The molecule has 0 aromatic carbocycles. The molecule has 1 saturated carbocycles. The van der Waals surface area contributed by atoms with Gasteiger partial charge in [-0.15, -0.1) is 6.58 Å². The standard InChI is InChI=1S/C10H17Br/c1-2-3-9-4-6-10(8-11)7-5-9/h2,9-10H,1,3-8H2. The van der Waals surface area contributed by atoms with Gasteiger partial charge in [-0.3, -0.25) is 0 Å². The normalized spacial score (nSPS) is 31.7. The van der Waals surface area contributed by atoms with Crippen molar-refractivity contribution >= 4 is 15.9 Å². The summed E-state index contributed by atoms with van der Waals surface area (Å²) in [6, 6.07) is 0. The van der Waals surface area contributed by atoms with Gasteiger partial charge >= 0.3 is 0 Å². The topological polar surface area (TPSA) is 0 Å². The summed E-state index contributed by atoms with van der Waals surface area (Å²) in [6.45, 7) is 3.78. The second kappa shape index (κ2) is 4.97. The average Bonchev–Trinajstić information content (AvgIpc) is 2.07. The first-order valence-electron chi connectivity index (χ1n) is 4.53. The highest BCUT2D eigenvalue weighted by Crippen LogP contribution is 2.31. The van der Waals surface area contributed by atoms with Gasteiger partial charge in [0.05, 0.1) is 0 Å². The fraction of sp³-hybridized carbons (Fsp3) is 0.800. The lowest BCUT2D eigenvalue weighted by Crippen LogP contribution is -2.14. The number of hydrogen-bond donors (Lipinski definition) is 0. The van der Waals surface area contributed by atoms with Crippen molar-refractivity contribution in [3.8, 4) is 0 Å².